The summed E-state index contributed by atoms with van der Waals surface area (Å²) in [6.45, 7) is 2.19. The lowest BCUT2D eigenvalue weighted by molar-refractivity contribution is 0.0950. The normalized spacial score (nSPS) is 10.1. The molecular formula is C12H13N5O. The molecule has 2 rings (SSSR count). The monoisotopic (exact) mass is 243 g/mol. The lowest BCUT2D eigenvalue weighted by Crippen LogP contribution is -2.23. The molecule has 3 N–H and O–H groups in total. The fourth-order valence-corrected chi connectivity index (χ4v) is 1.32. The summed E-state index contributed by atoms with van der Waals surface area (Å²) in [5.41, 5.74) is 7.45. The molecular weight excluding hydrogens is 230 g/mol. The molecule has 6 heteroatoms. The summed E-state index contributed by atoms with van der Waals surface area (Å²) in [4.78, 5) is 23.9. The Morgan fingerprint density at radius 3 is 2.67 bits per heavy atom. The van der Waals surface area contributed by atoms with Crippen LogP contribution in [0.2, 0.25) is 0 Å². The third-order valence-corrected chi connectivity index (χ3v) is 2.31. The summed E-state index contributed by atoms with van der Waals surface area (Å²) in [6.07, 6.45) is 4.73. The smallest absolute Gasteiger partial charge is 0.253 e. The van der Waals surface area contributed by atoms with E-state index in [1.54, 1.807) is 24.5 Å². The first kappa shape index (κ1) is 12.0. The highest BCUT2D eigenvalue weighted by Crippen LogP contribution is 2.01. The average Bonchev–Trinajstić information content (AvgIpc) is 2.38. The maximum Gasteiger partial charge on any atom is 0.253 e. The van der Waals surface area contributed by atoms with Crippen LogP contribution in [-0.2, 0) is 6.54 Å². The summed E-state index contributed by atoms with van der Waals surface area (Å²) in [7, 11) is 0. The number of amides is 1. The Kier molecular flexibility index (Phi) is 3.47. The van der Waals surface area contributed by atoms with Crippen LogP contribution in [0.1, 0.15) is 21.7 Å². The maximum atomic E-state index is 11.8. The van der Waals surface area contributed by atoms with Gasteiger partial charge in [0.05, 0.1) is 29.7 Å². The third-order valence-electron chi connectivity index (χ3n) is 2.31. The fourth-order valence-electron chi connectivity index (χ4n) is 1.32. The molecule has 18 heavy (non-hydrogen) atoms. The highest BCUT2D eigenvalue weighted by atomic mass is 16.1. The molecule has 0 atom stereocenters. The zero-order chi connectivity index (χ0) is 13.0. The maximum absolute atomic E-state index is 11.8. The number of anilines is 1. The molecule has 2 aromatic heterocycles. The van der Waals surface area contributed by atoms with Crippen LogP contribution < -0.4 is 11.1 Å². The highest BCUT2D eigenvalue weighted by molar-refractivity contribution is 5.93. The summed E-state index contributed by atoms with van der Waals surface area (Å²) in [5.74, 6) is 0.167. The van der Waals surface area contributed by atoms with Gasteiger partial charge in [0.15, 0.2) is 0 Å². The first-order valence-corrected chi connectivity index (χ1v) is 5.42. The van der Waals surface area contributed by atoms with Crippen molar-refractivity contribution >= 4 is 11.7 Å². The molecule has 0 aliphatic heterocycles. The van der Waals surface area contributed by atoms with Crippen LogP contribution in [0.5, 0.6) is 0 Å². The Labute approximate surface area is 104 Å². The van der Waals surface area contributed by atoms with E-state index in [1.165, 1.54) is 6.20 Å². The van der Waals surface area contributed by atoms with Gasteiger partial charge in [-0.3, -0.25) is 14.8 Å². The number of rotatable bonds is 3. The van der Waals surface area contributed by atoms with E-state index in [1.807, 2.05) is 6.92 Å². The van der Waals surface area contributed by atoms with E-state index in [2.05, 4.69) is 20.3 Å². The predicted molar refractivity (Wildman–Crippen MR) is 66.6 cm³/mol. The zero-order valence-electron chi connectivity index (χ0n) is 9.92. The van der Waals surface area contributed by atoms with Gasteiger partial charge >= 0.3 is 0 Å². The number of carbonyl (C=O) groups is 1. The van der Waals surface area contributed by atoms with Crippen LogP contribution in [0.25, 0.3) is 0 Å². The Morgan fingerprint density at radius 1 is 1.22 bits per heavy atom. The number of aromatic nitrogens is 3. The van der Waals surface area contributed by atoms with Crippen molar-refractivity contribution in [1.29, 1.82) is 0 Å². The molecule has 0 aliphatic carbocycles. The van der Waals surface area contributed by atoms with Gasteiger partial charge in [-0.25, -0.2) is 4.98 Å². The zero-order valence-corrected chi connectivity index (χ0v) is 9.92. The van der Waals surface area contributed by atoms with E-state index in [-0.39, 0.29) is 5.91 Å². The van der Waals surface area contributed by atoms with Crippen LogP contribution in [-0.4, -0.2) is 20.9 Å². The van der Waals surface area contributed by atoms with Gasteiger partial charge in [-0.1, -0.05) is 0 Å². The van der Waals surface area contributed by atoms with Gasteiger partial charge in [0.1, 0.15) is 5.82 Å². The van der Waals surface area contributed by atoms with E-state index in [0.717, 1.165) is 5.69 Å². The van der Waals surface area contributed by atoms with Gasteiger partial charge in [-0.15, -0.1) is 0 Å². The Morgan fingerprint density at radius 2 is 2.06 bits per heavy atom. The van der Waals surface area contributed by atoms with Crippen LogP contribution in [0.3, 0.4) is 0 Å². The molecule has 2 aromatic rings. The van der Waals surface area contributed by atoms with Crippen molar-refractivity contribution in [3.8, 4) is 0 Å². The van der Waals surface area contributed by atoms with Gasteiger partial charge in [0.25, 0.3) is 5.91 Å². The molecule has 2 heterocycles. The van der Waals surface area contributed by atoms with E-state index in [0.29, 0.717) is 23.6 Å². The molecule has 0 bridgehead atoms. The molecule has 0 aromatic carbocycles. The van der Waals surface area contributed by atoms with Crippen molar-refractivity contribution in [2.75, 3.05) is 5.73 Å². The lowest BCUT2D eigenvalue weighted by atomic mass is 10.2. The van der Waals surface area contributed by atoms with Crippen LogP contribution in [0.4, 0.5) is 5.82 Å². The fraction of sp³-hybridized carbons (Fsp3) is 0.167. The van der Waals surface area contributed by atoms with Crippen molar-refractivity contribution in [3.63, 3.8) is 0 Å². The van der Waals surface area contributed by atoms with Crippen molar-refractivity contribution in [2.45, 2.75) is 13.5 Å². The van der Waals surface area contributed by atoms with E-state index >= 15 is 0 Å². The molecule has 0 saturated carbocycles. The Balaban J connectivity index is 1.96. The quantitative estimate of drug-likeness (QED) is 0.827. The number of nitrogens with zero attached hydrogens (tertiary/aromatic N) is 3. The molecule has 0 saturated heterocycles. The first-order valence-electron chi connectivity index (χ1n) is 5.42. The molecule has 0 aliphatic rings. The topological polar surface area (TPSA) is 93.8 Å². The second-order valence-electron chi connectivity index (χ2n) is 3.80. The van der Waals surface area contributed by atoms with E-state index in [9.17, 15) is 4.79 Å². The number of pyridine rings is 1. The van der Waals surface area contributed by atoms with Gasteiger partial charge in [-0.05, 0) is 19.1 Å². The van der Waals surface area contributed by atoms with E-state index in [4.69, 9.17) is 5.73 Å². The van der Waals surface area contributed by atoms with Gasteiger partial charge in [0, 0.05) is 12.4 Å². The summed E-state index contributed by atoms with van der Waals surface area (Å²) in [5, 5.41) is 2.73. The number of hydrogen-bond donors (Lipinski definition) is 2. The molecule has 6 nitrogen and oxygen atoms in total. The molecule has 1 amide bonds. The number of nitrogens with two attached hydrogens (primary N) is 1. The van der Waals surface area contributed by atoms with Gasteiger partial charge in [-0.2, -0.15) is 0 Å². The number of hydrogen-bond acceptors (Lipinski definition) is 5. The van der Waals surface area contributed by atoms with Gasteiger partial charge in [0.2, 0.25) is 0 Å². The molecule has 0 fully saturated rings. The third kappa shape index (κ3) is 3.00. The number of carbonyl (C=O) groups excluding carboxylic acids is 1. The summed E-state index contributed by atoms with van der Waals surface area (Å²) in [6, 6.07) is 3.21. The predicted octanol–water partition coefficient (Wildman–Crippen LogP) is 0.692. The Hall–Kier alpha value is -2.50. The highest BCUT2D eigenvalue weighted by Gasteiger charge is 2.05. The largest absolute Gasteiger partial charge is 0.384 e. The molecule has 0 unspecified atom stereocenters. The summed E-state index contributed by atoms with van der Waals surface area (Å²) >= 11 is 0. The average molecular weight is 243 g/mol. The molecule has 0 radical (unpaired) electrons. The lowest BCUT2D eigenvalue weighted by Gasteiger charge is -2.04. The minimum absolute atomic E-state index is 0.218. The number of aryl methyl sites for hydroxylation is 1. The number of nitrogen functional groups attached to an aromatic ring is 1. The summed E-state index contributed by atoms with van der Waals surface area (Å²) < 4.78 is 0. The van der Waals surface area contributed by atoms with Crippen LogP contribution in [0.15, 0.2) is 30.7 Å². The number of nitrogens with one attached hydrogen (secondary N) is 1. The van der Waals surface area contributed by atoms with Crippen molar-refractivity contribution in [2.24, 2.45) is 0 Å². The van der Waals surface area contributed by atoms with Gasteiger partial charge < -0.3 is 11.1 Å². The van der Waals surface area contributed by atoms with Crippen molar-refractivity contribution in [3.05, 3.63) is 47.7 Å². The van der Waals surface area contributed by atoms with Crippen LogP contribution in [0, 0.1) is 6.92 Å². The van der Waals surface area contributed by atoms with Crippen molar-refractivity contribution < 1.29 is 4.79 Å². The van der Waals surface area contributed by atoms with E-state index < -0.39 is 0 Å². The SMILES string of the molecule is Cc1cnc(CNC(=O)c2ccc(N)nc2)cn1. The minimum atomic E-state index is -0.218. The Bertz CT molecular complexity index is 535. The molecule has 92 valence electrons. The first-order chi connectivity index (χ1) is 8.65. The van der Waals surface area contributed by atoms with Crippen molar-refractivity contribution in [1.82, 2.24) is 20.3 Å². The standard InChI is InChI=1S/C12H13N5O/c1-8-4-15-10(6-14-8)7-17-12(18)9-2-3-11(13)16-5-9/h2-6H,7H2,1H3,(H2,13,16)(H,17,18). The minimum Gasteiger partial charge on any atom is -0.384 e. The molecule has 0 spiro atoms. The second kappa shape index (κ2) is 5.22. The van der Waals surface area contributed by atoms with Crippen LogP contribution >= 0.6 is 0 Å². The second-order valence-corrected chi connectivity index (χ2v) is 3.80.